The molecule has 1 fully saturated rings. The molecule has 0 spiro atoms. The van der Waals surface area contributed by atoms with Gasteiger partial charge in [-0.25, -0.2) is 13.6 Å². The van der Waals surface area contributed by atoms with Crippen LogP contribution < -0.4 is 5.14 Å². The number of sulfonamides is 1. The van der Waals surface area contributed by atoms with E-state index in [0.29, 0.717) is 5.82 Å². The van der Waals surface area contributed by atoms with Gasteiger partial charge in [-0.1, -0.05) is 24.3 Å². The normalized spacial score (nSPS) is 15.7. The fourth-order valence-electron chi connectivity index (χ4n) is 2.14. The van der Waals surface area contributed by atoms with Crippen LogP contribution in [-0.4, -0.2) is 23.2 Å². The fourth-order valence-corrected chi connectivity index (χ4v) is 2.80. The zero-order valence-electron chi connectivity index (χ0n) is 10.4. The van der Waals surface area contributed by atoms with E-state index < -0.39 is 10.0 Å². The number of hydrogen-bond donors (Lipinski definition) is 1. The Labute approximate surface area is 111 Å². The van der Waals surface area contributed by atoms with E-state index in [1.165, 1.54) is 0 Å². The number of primary sulfonamides is 1. The summed E-state index contributed by atoms with van der Waals surface area (Å²) >= 11 is 0. The van der Waals surface area contributed by atoms with Crippen LogP contribution in [0.5, 0.6) is 0 Å². The summed E-state index contributed by atoms with van der Waals surface area (Å²) in [6.07, 6.45) is 1.86. The van der Waals surface area contributed by atoms with E-state index in [1.54, 1.807) is 4.57 Å². The van der Waals surface area contributed by atoms with Crippen molar-refractivity contribution in [2.24, 2.45) is 5.14 Å². The molecule has 1 saturated carbocycles. The van der Waals surface area contributed by atoms with Crippen LogP contribution in [-0.2, 0) is 10.0 Å². The summed E-state index contributed by atoms with van der Waals surface area (Å²) in [6.45, 7) is 1.96. The largest absolute Gasteiger partial charge is 0.294 e. The van der Waals surface area contributed by atoms with Crippen molar-refractivity contribution in [3.63, 3.8) is 0 Å². The van der Waals surface area contributed by atoms with E-state index >= 15 is 0 Å². The Morgan fingerprint density at radius 3 is 2.53 bits per heavy atom. The Morgan fingerprint density at radius 2 is 1.95 bits per heavy atom. The monoisotopic (exact) mass is 278 g/mol. The lowest BCUT2D eigenvalue weighted by atomic mass is 10.1. The van der Waals surface area contributed by atoms with Crippen LogP contribution in [0.1, 0.15) is 24.4 Å². The molecule has 2 aromatic rings. The van der Waals surface area contributed by atoms with Gasteiger partial charge in [-0.15, -0.1) is 10.2 Å². The number of aromatic nitrogens is 3. The molecule has 1 aliphatic carbocycles. The van der Waals surface area contributed by atoms with Crippen molar-refractivity contribution in [2.45, 2.75) is 31.0 Å². The van der Waals surface area contributed by atoms with Crippen molar-refractivity contribution in [3.05, 3.63) is 29.8 Å². The summed E-state index contributed by atoms with van der Waals surface area (Å²) in [4.78, 5) is 0. The second-order valence-electron chi connectivity index (χ2n) is 4.77. The van der Waals surface area contributed by atoms with E-state index in [2.05, 4.69) is 10.2 Å². The Bertz CT molecular complexity index is 732. The summed E-state index contributed by atoms with van der Waals surface area (Å²) in [5, 5.41) is 12.9. The molecule has 3 rings (SSSR count). The van der Waals surface area contributed by atoms with Gasteiger partial charge in [0, 0.05) is 11.6 Å². The zero-order chi connectivity index (χ0) is 13.6. The lowest BCUT2D eigenvalue weighted by Crippen LogP contribution is -2.18. The van der Waals surface area contributed by atoms with E-state index in [0.717, 1.165) is 24.0 Å². The highest BCUT2D eigenvalue weighted by atomic mass is 32.2. The quantitative estimate of drug-likeness (QED) is 0.914. The number of aryl methyl sites for hydroxylation is 1. The van der Waals surface area contributed by atoms with Gasteiger partial charge in [-0.2, -0.15) is 0 Å². The van der Waals surface area contributed by atoms with E-state index in [1.807, 2.05) is 31.2 Å². The molecular formula is C12H14N4O2S. The molecule has 0 aliphatic heterocycles. The van der Waals surface area contributed by atoms with Crippen molar-refractivity contribution in [2.75, 3.05) is 0 Å². The molecule has 0 radical (unpaired) electrons. The molecule has 1 aromatic heterocycles. The molecule has 1 aliphatic rings. The van der Waals surface area contributed by atoms with Gasteiger partial charge in [0.25, 0.3) is 15.2 Å². The van der Waals surface area contributed by atoms with Gasteiger partial charge >= 0.3 is 0 Å². The Kier molecular flexibility index (Phi) is 2.68. The smallest absolute Gasteiger partial charge is 0.273 e. The van der Waals surface area contributed by atoms with E-state index in [9.17, 15) is 8.42 Å². The van der Waals surface area contributed by atoms with Crippen LogP contribution in [0.3, 0.4) is 0 Å². The van der Waals surface area contributed by atoms with E-state index in [4.69, 9.17) is 5.14 Å². The molecular weight excluding hydrogens is 264 g/mol. The van der Waals surface area contributed by atoms with Gasteiger partial charge in [-0.3, -0.25) is 4.57 Å². The average Bonchev–Trinajstić information content (AvgIpc) is 3.07. The van der Waals surface area contributed by atoms with Gasteiger partial charge in [0.15, 0.2) is 5.82 Å². The minimum absolute atomic E-state index is 0.137. The summed E-state index contributed by atoms with van der Waals surface area (Å²) in [5.41, 5.74) is 1.91. The maximum atomic E-state index is 11.6. The Balaban J connectivity index is 2.24. The van der Waals surface area contributed by atoms with Gasteiger partial charge in [0.05, 0.1) is 0 Å². The van der Waals surface area contributed by atoms with Crippen molar-refractivity contribution < 1.29 is 8.42 Å². The first kappa shape index (κ1) is 12.3. The molecule has 0 unspecified atom stereocenters. The highest BCUT2D eigenvalue weighted by molar-refractivity contribution is 7.89. The second-order valence-corrected chi connectivity index (χ2v) is 6.22. The van der Waals surface area contributed by atoms with Crippen LogP contribution in [0.2, 0.25) is 0 Å². The predicted octanol–water partition coefficient (Wildman–Crippen LogP) is 1.24. The molecule has 0 bridgehead atoms. The minimum atomic E-state index is -3.85. The first-order chi connectivity index (χ1) is 8.98. The Hall–Kier alpha value is -1.73. The third kappa shape index (κ3) is 2.15. The molecule has 0 saturated heterocycles. The topological polar surface area (TPSA) is 90.9 Å². The second kappa shape index (κ2) is 4.14. The number of hydrogen-bond acceptors (Lipinski definition) is 4. The van der Waals surface area contributed by atoms with Gasteiger partial charge < -0.3 is 0 Å². The van der Waals surface area contributed by atoms with Crippen LogP contribution in [0.25, 0.3) is 11.4 Å². The van der Waals surface area contributed by atoms with Gasteiger partial charge in [-0.05, 0) is 25.3 Å². The van der Waals surface area contributed by atoms with E-state index in [-0.39, 0.29) is 11.2 Å². The molecule has 19 heavy (non-hydrogen) atoms. The first-order valence-corrected chi connectivity index (χ1v) is 7.57. The lowest BCUT2D eigenvalue weighted by Gasteiger charge is -2.09. The summed E-state index contributed by atoms with van der Waals surface area (Å²) in [6, 6.07) is 7.82. The first-order valence-electron chi connectivity index (χ1n) is 6.02. The molecule has 1 heterocycles. The predicted molar refractivity (Wildman–Crippen MR) is 69.8 cm³/mol. The highest BCUT2D eigenvalue weighted by Gasteiger charge is 2.33. The molecule has 7 heteroatoms. The van der Waals surface area contributed by atoms with Gasteiger partial charge in [0.1, 0.15) is 0 Å². The summed E-state index contributed by atoms with van der Waals surface area (Å²) < 4.78 is 24.8. The minimum Gasteiger partial charge on any atom is -0.294 e. The van der Waals surface area contributed by atoms with Crippen LogP contribution in [0, 0.1) is 6.92 Å². The maximum Gasteiger partial charge on any atom is 0.273 e. The third-order valence-electron chi connectivity index (χ3n) is 3.22. The Morgan fingerprint density at radius 1 is 1.26 bits per heavy atom. The zero-order valence-corrected chi connectivity index (χ0v) is 11.3. The average molecular weight is 278 g/mol. The lowest BCUT2D eigenvalue weighted by molar-refractivity contribution is 0.567. The van der Waals surface area contributed by atoms with Crippen molar-refractivity contribution in [3.8, 4) is 11.4 Å². The molecule has 0 amide bonds. The number of rotatable bonds is 3. The van der Waals surface area contributed by atoms with Crippen LogP contribution in [0.15, 0.2) is 29.4 Å². The maximum absolute atomic E-state index is 11.6. The number of nitrogens with zero attached hydrogens (tertiary/aromatic N) is 3. The molecule has 100 valence electrons. The SMILES string of the molecule is Cc1ccccc1-c1nnc(S(N)(=O)=O)n1C1CC1. The molecule has 0 atom stereocenters. The molecule has 6 nitrogen and oxygen atoms in total. The van der Waals surface area contributed by atoms with Crippen molar-refractivity contribution in [1.29, 1.82) is 0 Å². The third-order valence-corrected chi connectivity index (χ3v) is 4.00. The number of benzene rings is 1. The van der Waals surface area contributed by atoms with Gasteiger partial charge in [0.2, 0.25) is 0 Å². The highest BCUT2D eigenvalue weighted by Crippen LogP contribution is 2.40. The number of nitrogens with two attached hydrogens (primary N) is 1. The van der Waals surface area contributed by atoms with Crippen molar-refractivity contribution in [1.82, 2.24) is 14.8 Å². The summed E-state index contributed by atoms with van der Waals surface area (Å²) in [5.74, 6) is 0.574. The standard InChI is InChI=1S/C12H14N4O2S/c1-8-4-2-3-5-10(8)11-14-15-12(19(13,17)18)16(11)9-6-7-9/h2-5,9H,6-7H2,1H3,(H2,13,17,18). The van der Waals surface area contributed by atoms with Crippen LogP contribution in [0.4, 0.5) is 0 Å². The molecule has 2 N–H and O–H groups in total. The molecule has 1 aromatic carbocycles. The fraction of sp³-hybridized carbons (Fsp3) is 0.333. The van der Waals surface area contributed by atoms with Crippen LogP contribution >= 0.6 is 0 Å². The summed E-state index contributed by atoms with van der Waals surface area (Å²) in [7, 11) is -3.85. The van der Waals surface area contributed by atoms with Crippen molar-refractivity contribution >= 4 is 10.0 Å².